The fraction of sp³-hybridized carbons (Fsp3) is 0.467. The Labute approximate surface area is 120 Å². The SMILES string of the molecule is CS(=O)(=O)OC1=CC2CCC(C1)N2Cc1ccccc1. The van der Waals surface area contributed by atoms with Gasteiger partial charge in [-0.2, -0.15) is 8.42 Å². The molecule has 0 radical (unpaired) electrons. The Hall–Kier alpha value is -1.33. The number of hydrogen-bond acceptors (Lipinski definition) is 4. The van der Waals surface area contributed by atoms with Gasteiger partial charge in [-0.3, -0.25) is 4.90 Å². The Morgan fingerprint density at radius 1 is 1.25 bits per heavy atom. The van der Waals surface area contributed by atoms with Crippen molar-refractivity contribution in [3.05, 3.63) is 47.7 Å². The van der Waals surface area contributed by atoms with E-state index in [4.69, 9.17) is 4.18 Å². The molecule has 108 valence electrons. The second-order valence-electron chi connectivity index (χ2n) is 5.58. The highest BCUT2D eigenvalue weighted by Gasteiger charge is 2.37. The van der Waals surface area contributed by atoms with Crippen LogP contribution in [0.25, 0.3) is 0 Å². The monoisotopic (exact) mass is 293 g/mol. The lowest BCUT2D eigenvalue weighted by Crippen LogP contribution is -2.38. The molecule has 4 nitrogen and oxygen atoms in total. The van der Waals surface area contributed by atoms with Gasteiger partial charge in [-0.05, 0) is 24.5 Å². The minimum Gasteiger partial charge on any atom is -0.387 e. The summed E-state index contributed by atoms with van der Waals surface area (Å²) >= 11 is 0. The average molecular weight is 293 g/mol. The van der Waals surface area contributed by atoms with E-state index in [1.165, 1.54) is 5.56 Å². The van der Waals surface area contributed by atoms with Gasteiger partial charge in [0.15, 0.2) is 0 Å². The van der Waals surface area contributed by atoms with E-state index in [0.29, 0.717) is 24.3 Å². The molecule has 0 amide bonds. The van der Waals surface area contributed by atoms with Crippen LogP contribution in [0.15, 0.2) is 42.2 Å². The molecule has 2 atom stereocenters. The van der Waals surface area contributed by atoms with Gasteiger partial charge >= 0.3 is 10.1 Å². The highest BCUT2D eigenvalue weighted by atomic mass is 32.2. The van der Waals surface area contributed by atoms with Gasteiger partial charge in [-0.25, -0.2) is 0 Å². The third-order valence-corrected chi connectivity index (χ3v) is 4.49. The van der Waals surface area contributed by atoms with Crippen LogP contribution in [0.1, 0.15) is 24.8 Å². The summed E-state index contributed by atoms with van der Waals surface area (Å²) in [4.78, 5) is 2.45. The summed E-state index contributed by atoms with van der Waals surface area (Å²) in [6.45, 7) is 0.916. The van der Waals surface area contributed by atoms with Crippen LogP contribution >= 0.6 is 0 Å². The summed E-state index contributed by atoms with van der Waals surface area (Å²) in [5.41, 5.74) is 1.30. The van der Waals surface area contributed by atoms with Crippen molar-refractivity contribution in [3.8, 4) is 0 Å². The maximum atomic E-state index is 11.2. The summed E-state index contributed by atoms with van der Waals surface area (Å²) in [6.07, 6.45) is 5.95. The molecule has 20 heavy (non-hydrogen) atoms. The zero-order valence-corrected chi connectivity index (χ0v) is 12.3. The van der Waals surface area contributed by atoms with Gasteiger partial charge in [-0.15, -0.1) is 0 Å². The second-order valence-corrected chi connectivity index (χ2v) is 7.16. The lowest BCUT2D eigenvalue weighted by atomic mass is 10.1. The van der Waals surface area contributed by atoms with Crippen LogP contribution in [0.4, 0.5) is 0 Å². The van der Waals surface area contributed by atoms with Crippen molar-refractivity contribution in [2.24, 2.45) is 0 Å². The van der Waals surface area contributed by atoms with Crippen LogP contribution in [-0.4, -0.2) is 31.7 Å². The van der Waals surface area contributed by atoms with Gasteiger partial charge < -0.3 is 4.18 Å². The number of fused-ring (bicyclic) bond motifs is 2. The molecule has 2 heterocycles. The van der Waals surface area contributed by atoms with E-state index in [-0.39, 0.29) is 0 Å². The third kappa shape index (κ3) is 3.04. The third-order valence-electron chi connectivity index (χ3n) is 3.97. The molecule has 1 fully saturated rings. The van der Waals surface area contributed by atoms with Crippen LogP contribution < -0.4 is 0 Å². The average Bonchev–Trinajstić information content (AvgIpc) is 2.61. The van der Waals surface area contributed by atoms with E-state index in [9.17, 15) is 8.42 Å². The predicted molar refractivity (Wildman–Crippen MR) is 77.4 cm³/mol. The standard InChI is InChI=1S/C15H19NO3S/c1-20(17,18)19-15-9-13-7-8-14(10-15)16(13)11-12-5-3-2-4-6-12/h2-6,9,13-14H,7-8,10-11H2,1H3. The highest BCUT2D eigenvalue weighted by Crippen LogP contribution is 2.36. The first-order chi connectivity index (χ1) is 9.51. The van der Waals surface area contributed by atoms with Crippen LogP contribution in [0, 0.1) is 0 Å². The minimum absolute atomic E-state index is 0.297. The van der Waals surface area contributed by atoms with E-state index < -0.39 is 10.1 Å². The summed E-state index contributed by atoms with van der Waals surface area (Å²) in [6, 6.07) is 11.1. The molecule has 2 bridgehead atoms. The Balaban J connectivity index is 1.74. The largest absolute Gasteiger partial charge is 0.387 e. The maximum absolute atomic E-state index is 11.2. The Kier molecular flexibility index (Phi) is 3.56. The van der Waals surface area contributed by atoms with E-state index >= 15 is 0 Å². The maximum Gasteiger partial charge on any atom is 0.305 e. The molecular weight excluding hydrogens is 274 g/mol. The lowest BCUT2D eigenvalue weighted by Gasteiger charge is -2.33. The van der Waals surface area contributed by atoms with Gasteiger partial charge in [0.1, 0.15) is 5.76 Å². The van der Waals surface area contributed by atoms with Crippen molar-refractivity contribution in [3.63, 3.8) is 0 Å². The molecule has 1 saturated heterocycles. The first kappa shape index (κ1) is 13.6. The van der Waals surface area contributed by atoms with Gasteiger partial charge in [0, 0.05) is 25.0 Å². The molecule has 0 spiro atoms. The summed E-state index contributed by atoms with van der Waals surface area (Å²) in [5.74, 6) is 0.615. The molecular formula is C15H19NO3S. The molecule has 3 rings (SSSR count). The fourth-order valence-electron chi connectivity index (χ4n) is 3.18. The zero-order valence-electron chi connectivity index (χ0n) is 11.5. The lowest BCUT2D eigenvalue weighted by molar-refractivity contribution is 0.176. The molecule has 5 heteroatoms. The molecule has 0 N–H and O–H groups in total. The summed E-state index contributed by atoms with van der Waals surface area (Å²) in [7, 11) is -3.41. The van der Waals surface area contributed by atoms with Gasteiger partial charge in [-0.1, -0.05) is 30.3 Å². The number of nitrogens with zero attached hydrogens (tertiary/aromatic N) is 1. The Morgan fingerprint density at radius 3 is 2.65 bits per heavy atom. The van der Waals surface area contributed by atoms with Crippen molar-refractivity contribution in [1.82, 2.24) is 4.90 Å². The van der Waals surface area contributed by atoms with Crippen LogP contribution in [0.3, 0.4) is 0 Å². The normalized spacial score (nSPS) is 26.4. The zero-order chi connectivity index (χ0) is 14.2. The van der Waals surface area contributed by atoms with Crippen molar-refractivity contribution >= 4 is 10.1 Å². The number of benzene rings is 1. The van der Waals surface area contributed by atoms with E-state index in [1.807, 2.05) is 12.1 Å². The first-order valence-electron chi connectivity index (χ1n) is 6.91. The van der Waals surface area contributed by atoms with Gasteiger partial charge in [0.05, 0.1) is 6.26 Å². The van der Waals surface area contributed by atoms with Crippen LogP contribution in [-0.2, 0) is 20.8 Å². The first-order valence-corrected chi connectivity index (χ1v) is 8.73. The summed E-state index contributed by atoms with van der Waals surface area (Å²) < 4.78 is 27.5. The highest BCUT2D eigenvalue weighted by molar-refractivity contribution is 7.86. The van der Waals surface area contributed by atoms with E-state index in [1.54, 1.807) is 0 Å². The molecule has 1 aromatic carbocycles. The minimum atomic E-state index is -3.41. The Bertz CT molecular complexity index is 609. The quantitative estimate of drug-likeness (QED) is 0.799. The van der Waals surface area contributed by atoms with Gasteiger partial charge in [0.25, 0.3) is 0 Å². The van der Waals surface area contributed by atoms with Crippen molar-refractivity contribution in [2.75, 3.05) is 6.26 Å². The molecule has 2 aliphatic rings. The van der Waals surface area contributed by atoms with E-state index in [2.05, 4.69) is 29.2 Å². The summed E-state index contributed by atoms with van der Waals surface area (Å²) in [5, 5.41) is 0. The molecule has 0 saturated carbocycles. The smallest absolute Gasteiger partial charge is 0.305 e. The molecule has 2 aliphatic heterocycles. The van der Waals surface area contributed by atoms with Crippen molar-refractivity contribution in [1.29, 1.82) is 0 Å². The topological polar surface area (TPSA) is 46.6 Å². The van der Waals surface area contributed by atoms with Crippen molar-refractivity contribution in [2.45, 2.75) is 37.9 Å². The Morgan fingerprint density at radius 2 is 2.00 bits per heavy atom. The fourth-order valence-corrected chi connectivity index (χ4v) is 3.69. The predicted octanol–water partition coefficient (Wildman–Crippen LogP) is 2.28. The van der Waals surface area contributed by atoms with Crippen LogP contribution in [0.5, 0.6) is 0 Å². The molecule has 2 unspecified atom stereocenters. The van der Waals surface area contributed by atoms with Gasteiger partial charge in [0.2, 0.25) is 0 Å². The van der Waals surface area contributed by atoms with Crippen LogP contribution in [0.2, 0.25) is 0 Å². The molecule has 0 aliphatic carbocycles. The second kappa shape index (κ2) is 5.22. The van der Waals surface area contributed by atoms with E-state index in [0.717, 1.165) is 25.6 Å². The number of rotatable bonds is 4. The molecule has 0 aromatic heterocycles. The molecule has 1 aromatic rings. The number of hydrogen-bond donors (Lipinski definition) is 0. The van der Waals surface area contributed by atoms with Crippen molar-refractivity contribution < 1.29 is 12.6 Å².